The molecule has 0 aliphatic carbocycles. The van der Waals surface area contributed by atoms with E-state index in [-0.39, 0.29) is 5.82 Å². The smallest absolute Gasteiger partial charge is 0.417 e. The maximum Gasteiger partial charge on any atom is 0.417 e. The van der Waals surface area contributed by atoms with Gasteiger partial charge in [-0.05, 0) is 29.8 Å². The number of rotatable bonds is 6. The number of anilines is 1. The average Bonchev–Trinajstić information content (AvgIpc) is 2.66. The molecule has 1 N–H and O–H groups in total. The quantitative estimate of drug-likeness (QED) is 0.572. The molecule has 0 unspecified atom stereocenters. The van der Waals surface area contributed by atoms with Gasteiger partial charge in [-0.15, -0.1) is 0 Å². The number of benzene rings is 1. The van der Waals surface area contributed by atoms with Crippen LogP contribution in [0.15, 0.2) is 42.6 Å². The number of alkyl halides is 3. The van der Waals surface area contributed by atoms with Crippen LogP contribution in [0.2, 0.25) is 5.02 Å². The van der Waals surface area contributed by atoms with Crippen LogP contribution in [0.5, 0.6) is 5.75 Å². The maximum atomic E-state index is 12.5. The fourth-order valence-corrected chi connectivity index (χ4v) is 2.13. The van der Waals surface area contributed by atoms with Gasteiger partial charge in [0.05, 0.1) is 17.7 Å². The average molecular weight is 415 g/mol. The van der Waals surface area contributed by atoms with E-state index in [1.54, 1.807) is 24.3 Å². The Kier molecular flexibility index (Phi) is 7.00. The van der Waals surface area contributed by atoms with Gasteiger partial charge in [-0.25, -0.2) is 9.78 Å². The molecule has 6 nitrogen and oxygen atoms in total. The summed E-state index contributed by atoms with van der Waals surface area (Å²) in [6.45, 7) is -0.662. The Labute approximate surface area is 162 Å². The van der Waals surface area contributed by atoms with E-state index in [0.29, 0.717) is 23.6 Å². The van der Waals surface area contributed by atoms with Crippen molar-refractivity contribution in [3.8, 4) is 5.75 Å². The minimum atomic E-state index is -4.61. The predicted molar refractivity (Wildman–Crippen MR) is 95.9 cm³/mol. The highest BCUT2D eigenvalue weighted by Gasteiger charge is 2.31. The van der Waals surface area contributed by atoms with Gasteiger partial charge in [-0.2, -0.15) is 13.2 Å². The molecular formula is C18H14ClF3N2O4. The van der Waals surface area contributed by atoms with Crippen LogP contribution in [0.1, 0.15) is 11.1 Å². The molecule has 0 bridgehead atoms. The van der Waals surface area contributed by atoms with Gasteiger partial charge in [0.1, 0.15) is 5.75 Å². The lowest BCUT2D eigenvalue weighted by atomic mass is 10.2. The number of carbonyl (C=O) groups excluding carboxylic acids is 2. The molecular weight excluding hydrogens is 401 g/mol. The van der Waals surface area contributed by atoms with Crippen molar-refractivity contribution in [2.24, 2.45) is 0 Å². The minimum absolute atomic E-state index is 0.274. The lowest BCUT2D eigenvalue weighted by molar-refractivity contribution is -0.142. The number of aromatic nitrogens is 1. The first-order chi connectivity index (χ1) is 13.2. The van der Waals surface area contributed by atoms with Crippen LogP contribution < -0.4 is 10.1 Å². The SMILES string of the molecule is COc1ccc(C=CC(=O)OCC(=O)Nc2ncc(C(F)(F)F)cc2Cl)cc1. The number of ether oxygens (including phenoxy) is 2. The van der Waals surface area contributed by atoms with E-state index in [1.165, 1.54) is 13.2 Å². The molecule has 0 saturated carbocycles. The number of carbonyl (C=O) groups is 2. The Morgan fingerprint density at radius 2 is 1.93 bits per heavy atom. The van der Waals surface area contributed by atoms with Gasteiger partial charge in [-0.1, -0.05) is 23.7 Å². The van der Waals surface area contributed by atoms with E-state index in [4.69, 9.17) is 21.1 Å². The molecule has 0 radical (unpaired) electrons. The summed E-state index contributed by atoms with van der Waals surface area (Å²) < 4.78 is 47.4. The van der Waals surface area contributed by atoms with Gasteiger partial charge >= 0.3 is 12.1 Å². The van der Waals surface area contributed by atoms with Gasteiger partial charge in [-0.3, -0.25) is 4.79 Å². The second-order valence-corrected chi connectivity index (χ2v) is 5.72. The molecule has 0 aliphatic rings. The molecule has 0 aliphatic heterocycles. The molecule has 0 atom stereocenters. The Bertz CT molecular complexity index is 883. The van der Waals surface area contributed by atoms with E-state index in [1.807, 2.05) is 0 Å². The van der Waals surface area contributed by atoms with E-state index in [0.717, 1.165) is 6.08 Å². The van der Waals surface area contributed by atoms with Gasteiger partial charge in [0, 0.05) is 12.3 Å². The summed E-state index contributed by atoms with van der Waals surface area (Å²) in [6.07, 6.45) is -1.47. The van der Waals surface area contributed by atoms with Crippen molar-refractivity contribution >= 4 is 35.4 Å². The fraction of sp³-hybridized carbons (Fsp3) is 0.167. The predicted octanol–water partition coefficient (Wildman–Crippen LogP) is 3.96. The number of nitrogens with zero attached hydrogens (tertiary/aromatic N) is 1. The lowest BCUT2D eigenvalue weighted by Gasteiger charge is -2.10. The highest BCUT2D eigenvalue weighted by Crippen LogP contribution is 2.32. The molecule has 0 spiro atoms. The van der Waals surface area contributed by atoms with Gasteiger partial charge < -0.3 is 14.8 Å². The van der Waals surface area contributed by atoms with E-state index >= 15 is 0 Å². The van der Waals surface area contributed by atoms with Crippen LogP contribution in [0.3, 0.4) is 0 Å². The summed E-state index contributed by atoms with van der Waals surface area (Å²) >= 11 is 5.68. The summed E-state index contributed by atoms with van der Waals surface area (Å²) in [6, 6.07) is 7.48. The highest BCUT2D eigenvalue weighted by atomic mass is 35.5. The summed E-state index contributed by atoms with van der Waals surface area (Å²) in [5.41, 5.74) is -0.339. The van der Waals surface area contributed by atoms with Crippen LogP contribution in [0.4, 0.5) is 19.0 Å². The first kappa shape index (κ1) is 21.2. The molecule has 1 heterocycles. The third-order valence-corrected chi connectivity index (χ3v) is 3.59. The Morgan fingerprint density at radius 1 is 1.25 bits per heavy atom. The van der Waals surface area contributed by atoms with Crippen molar-refractivity contribution < 1.29 is 32.2 Å². The van der Waals surface area contributed by atoms with Gasteiger partial charge in [0.25, 0.3) is 5.91 Å². The molecule has 2 aromatic rings. The van der Waals surface area contributed by atoms with Gasteiger partial charge in [0.15, 0.2) is 12.4 Å². The number of nitrogens with one attached hydrogen (secondary N) is 1. The summed E-state index contributed by atoms with van der Waals surface area (Å²) in [7, 11) is 1.53. The Morgan fingerprint density at radius 3 is 2.50 bits per heavy atom. The Hall–Kier alpha value is -3.07. The molecule has 0 saturated heterocycles. The number of pyridine rings is 1. The minimum Gasteiger partial charge on any atom is -0.497 e. The molecule has 2 rings (SSSR count). The van der Waals surface area contributed by atoms with Crippen molar-refractivity contribution in [2.45, 2.75) is 6.18 Å². The van der Waals surface area contributed by atoms with E-state index in [2.05, 4.69) is 10.3 Å². The van der Waals surface area contributed by atoms with Crippen molar-refractivity contribution in [1.29, 1.82) is 0 Å². The van der Waals surface area contributed by atoms with Crippen LogP contribution >= 0.6 is 11.6 Å². The molecule has 1 amide bonds. The molecule has 0 fully saturated rings. The lowest BCUT2D eigenvalue weighted by Crippen LogP contribution is -2.21. The first-order valence-electron chi connectivity index (χ1n) is 7.70. The zero-order valence-electron chi connectivity index (χ0n) is 14.4. The molecule has 1 aromatic heterocycles. The summed E-state index contributed by atoms with van der Waals surface area (Å²) in [4.78, 5) is 26.8. The standard InChI is InChI=1S/C18H14ClF3N2O4/c1-27-13-5-2-11(3-6-13)4-7-16(26)28-10-15(25)24-17-14(19)8-12(9-23-17)18(20,21)22/h2-9H,10H2,1H3,(H,23,24,25). The number of hydrogen-bond acceptors (Lipinski definition) is 5. The second kappa shape index (κ2) is 9.23. The van der Waals surface area contributed by atoms with E-state index < -0.39 is 35.2 Å². The largest absolute Gasteiger partial charge is 0.497 e. The topological polar surface area (TPSA) is 77.5 Å². The number of methoxy groups -OCH3 is 1. The monoisotopic (exact) mass is 414 g/mol. The maximum absolute atomic E-state index is 12.5. The molecule has 10 heteroatoms. The van der Waals surface area contributed by atoms with Gasteiger partial charge in [0.2, 0.25) is 0 Å². The number of amides is 1. The van der Waals surface area contributed by atoms with Crippen LogP contribution in [-0.2, 0) is 20.5 Å². The van der Waals surface area contributed by atoms with Crippen molar-refractivity contribution in [3.05, 3.63) is 58.8 Å². The third-order valence-electron chi connectivity index (χ3n) is 3.30. The van der Waals surface area contributed by atoms with Crippen LogP contribution in [-0.4, -0.2) is 30.6 Å². The van der Waals surface area contributed by atoms with Crippen LogP contribution in [0.25, 0.3) is 6.08 Å². The zero-order chi connectivity index (χ0) is 20.7. The van der Waals surface area contributed by atoms with Crippen LogP contribution in [0, 0.1) is 0 Å². The highest BCUT2D eigenvalue weighted by molar-refractivity contribution is 6.33. The summed E-state index contributed by atoms with van der Waals surface area (Å²) in [5.74, 6) is -1.20. The molecule has 28 heavy (non-hydrogen) atoms. The normalized spacial score (nSPS) is 11.3. The third kappa shape index (κ3) is 6.27. The van der Waals surface area contributed by atoms with Crippen molar-refractivity contribution in [3.63, 3.8) is 0 Å². The first-order valence-corrected chi connectivity index (χ1v) is 8.08. The number of esters is 1. The fourth-order valence-electron chi connectivity index (χ4n) is 1.92. The number of halogens is 4. The second-order valence-electron chi connectivity index (χ2n) is 5.31. The Balaban J connectivity index is 1.86. The molecule has 1 aromatic carbocycles. The summed E-state index contributed by atoms with van der Waals surface area (Å²) in [5, 5.41) is 1.77. The van der Waals surface area contributed by atoms with Crippen molar-refractivity contribution in [2.75, 3.05) is 19.0 Å². The van der Waals surface area contributed by atoms with Crippen molar-refractivity contribution in [1.82, 2.24) is 4.98 Å². The number of hydrogen-bond donors (Lipinski definition) is 1. The zero-order valence-corrected chi connectivity index (χ0v) is 15.2. The van der Waals surface area contributed by atoms with E-state index in [9.17, 15) is 22.8 Å². The molecule has 148 valence electrons.